The van der Waals surface area contributed by atoms with Crippen molar-refractivity contribution < 1.29 is 14.3 Å². The Hall–Kier alpha value is -2.90. The number of methoxy groups -OCH3 is 1. The molecule has 1 heterocycles. The van der Waals surface area contributed by atoms with Crippen LogP contribution in [0.15, 0.2) is 59.6 Å². The average Bonchev–Trinajstić information content (AvgIpc) is 2.75. The molecule has 2 N–H and O–H groups in total. The summed E-state index contributed by atoms with van der Waals surface area (Å²) in [7, 11) is 1.63. The molecule has 3 rings (SSSR count). The summed E-state index contributed by atoms with van der Waals surface area (Å²) in [6.07, 6.45) is 0. The normalized spacial score (nSPS) is 15.1. The number of hydrogen-bond donors (Lipinski definition) is 2. The number of nitrogens with zero attached hydrogens (tertiary/aromatic N) is 2. The van der Waals surface area contributed by atoms with Crippen molar-refractivity contribution in [1.82, 2.24) is 10.2 Å². The molecule has 1 aliphatic heterocycles. The van der Waals surface area contributed by atoms with Crippen molar-refractivity contribution in [2.75, 3.05) is 51.8 Å². The Morgan fingerprint density at radius 2 is 1.82 bits per heavy atom. The van der Waals surface area contributed by atoms with E-state index < -0.39 is 0 Å². The van der Waals surface area contributed by atoms with Crippen molar-refractivity contribution in [2.24, 2.45) is 4.99 Å². The Kier molecular flexibility index (Phi) is 7.40. The number of morpholine rings is 1. The van der Waals surface area contributed by atoms with Crippen LogP contribution in [0, 0.1) is 0 Å². The van der Waals surface area contributed by atoms with Crippen molar-refractivity contribution in [1.29, 1.82) is 0 Å². The Morgan fingerprint density at radius 3 is 2.50 bits per heavy atom. The number of ether oxygens (including phenoxy) is 2. The SMILES string of the molecule is COc1ccc(NC(=NCCN2CCOCC2)NC(=O)c2ccccc2)cc1. The van der Waals surface area contributed by atoms with Crippen LogP contribution in [0.4, 0.5) is 5.69 Å². The number of guanidine groups is 1. The first-order chi connectivity index (χ1) is 13.7. The van der Waals surface area contributed by atoms with Gasteiger partial charge < -0.3 is 14.8 Å². The predicted octanol–water partition coefficient (Wildman–Crippen LogP) is 2.23. The van der Waals surface area contributed by atoms with Gasteiger partial charge in [-0.15, -0.1) is 0 Å². The zero-order valence-corrected chi connectivity index (χ0v) is 16.1. The molecule has 1 saturated heterocycles. The van der Waals surface area contributed by atoms with Crippen LogP contribution in [0.3, 0.4) is 0 Å². The summed E-state index contributed by atoms with van der Waals surface area (Å²) in [6.45, 7) is 4.73. The first kappa shape index (κ1) is 19.9. The quantitative estimate of drug-likeness (QED) is 0.592. The Morgan fingerprint density at radius 1 is 1.11 bits per heavy atom. The number of rotatable bonds is 6. The van der Waals surface area contributed by atoms with Crippen LogP contribution < -0.4 is 15.4 Å². The van der Waals surface area contributed by atoms with Gasteiger partial charge in [-0.25, -0.2) is 0 Å². The zero-order chi connectivity index (χ0) is 19.6. The van der Waals surface area contributed by atoms with Crippen LogP contribution in [-0.2, 0) is 4.74 Å². The second-order valence-electron chi connectivity index (χ2n) is 6.36. The third kappa shape index (κ3) is 6.07. The van der Waals surface area contributed by atoms with Crippen molar-refractivity contribution in [3.63, 3.8) is 0 Å². The molecule has 7 heteroatoms. The maximum absolute atomic E-state index is 12.5. The predicted molar refractivity (Wildman–Crippen MR) is 110 cm³/mol. The van der Waals surface area contributed by atoms with Gasteiger partial charge in [-0.3, -0.25) is 20.0 Å². The van der Waals surface area contributed by atoms with E-state index in [1.807, 2.05) is 42.5 Å². The number of carbonyl (C=O) groups excluding carboxylic acids is 1. The summed E-state index contributed by atoms with van der Waals surface area (Å²) >= 11 is 0. The summed E-state index contributed by atoms with van der Waals surface area (Å²) in [5, 5.41) is 6.06. The molecule has 1 aliphatic rings. The summed E-state index contributed by atoms with van der Waals surface area (Å²) < 4.78 is 10.6. The molecule has 0 aliphatic carbocycles. The van der Waals surface area contributed by atoms with E-state index in [9.17, 15) is 4.79 Å². The number of anilines is 1. The van der Waals surface area contributed by atoms with Gasteiger partial charge in [-0.1, -0.05) is 18.2 Å². The van der Waals surface area contributed by atoms with Gasteiger partial charge in [0, 0.05) is 30.9 Å². The standard InChI is InChI=1S/C21H26N4O3/c1-27-19-9-7-18(8-10-19)23-21(22-11-12-25-13-15-28-16-14-25)24-20(26)17-5-3-2-4-6-17/h2-10H,11-16H2,1H3,(H2,22,23,24,26). The number of nitrogens with one attached hydrogen (secondary N) is 2. The van der Waals surface area contributed by atoms with E-state index >= 15 is 0 Å². The average molecular weight is 382 g/mol. The first-order valence-electron chi connectivity index (χ1n) is 9.36. The molecule has 0 aromatic heterocycles. The monoisotopic (exact) mass is 382 g/mol. The van der Waals surface area contributed by atoms with E-state index in [4.69, 9.17) is 9.47 Å². The van der Waals surface area contributed by atoms with Gasteiger partial charge in [0.25, 0.3) is 5.91 Å². The first-order valence-corrected chi connectivity index (χ1v) is 9.36. The molecule has 148 valence electrons. The largest absolute Gasteiger partial charge is 0.497 e. The highest BCUT2D eigenvalue weighted by Gasteiger charge is 2.11. The molecule has 1 amide bonds. The number of aliphatic imine (C=N–C) groups is 1. The minimum Gasteiger partial charge on any atom is -0.497 e. The zero-order valence-electron chi connectivity index (χ0n) is 16.1. The molecule has 0 bridgehead atoms. The molecule has 0 saturated carbocycles. The maximum Gasteiger partial charge on any atom is 0.257 e. The second-order valence-corrected chi connectivity index (χ2v) is 6.36. The van der Waals surface area contributed by atoms with Gasteiger partial charge in [0.15, 0.2) is 0 Å². The Balaban J connectivity index is 1.66. The topological polar surface area (TPSA) is 75.2 Å². The van der Waals surface area contributed by atoms with E-state index in [-0.39, 0.29) is 5.91 Å². The molecular formula is C21H26N4O3. The molecule has 28 heavy (non-hydrogen) atoms. The summed E-state index contributed by atoms with van der Waals surface area (Å²) in [4.78, 5) is 19.4. The third-order valence-electron chi connectivity index (χ3n) is 4.41. The van der Waals surface area contributed by atoms with Gasteiger partial charge in [0.05, 0.1) is 26.9 Å². The Labute approximate surface area is 165 Å². The highest BCUT2D eigenvalue weighted by molar-refractivity contribution is 6.09. The number of amides is 1. The molecule has 0 unspecified atom stereocenters. The van der Waals surface area contributed by atoms with Gasteiger partial charge in [-0.05, 0) is 36.4 Å². The van der Waals surface area contributed by atoms with E-state index in [0.717, 1.165) is 44.3 Å². The lowest BCUT2D eigenvalue weighted by Gasteiger charge is -2.25. The van der Waals surface area contributed by atoms with Gasteiger partial charge in [0.2, 0.25) is 5.96 Å². The van der Waals surface area contributed by atoms with Crippen molar-refractivity contribution in [3.8, 4) is 5.75 Å². The number of hydrogen-bond acceptors (Lipinski definition) is 5. The molecule has 1 fully saturated rings. The minimum atomic E-state index is -0.202. The molecule has 2 aromatic rings. The van der Waals surface area contributed by atoms with Gasteiger partial charge in [0.1, 0.15) is 5.75 Å². The van der Waals surface area contributed by atoms with Crippen LogP contribution in [0.25, 0.3) is 0 Å². The highest BCUT2D eigenvalue weighted by Crippen LogP contribution is 2.15. The third-order valence-corrected chi connectivity index (χ3v) is 4.41. The van der Waals surface area contributed by atoms with Crippen LogP contribution in [-0.4, -0.2) is 63.3 Å². The van der Waals surface area contributed by atoms with E-state index in [1.165, 1.54) is 0 Å². The summed E-state index contributed by atoms with van der Waals surface area (Å²) in [5.41, 5.74) is 1.40. The van der Waals surface area contributed by atoms with E-state index in [2.05, 4.69) is 20.5 Å². The number of carbonyl (C=O) groups is 1. The lowest BCUT2D eigenvalue weighted by atomic mass is 10.2. The fourth-order valence-electron chi connectivity index (χ4n) is 2.82. The van der Waals surface area contributed by atoms with Crippen LogP contribution >= 0.6 is 0 Å². The van der Waals surface area contributed by atoms with Crippen LogP contribution in [0.2, 0.25) is 0 Å². The number of benzene rings is 2. The van der Waals surface area contributed by atoms with Crippen LogP contribution in [0.1, 0.15) is 10.4 Å². The maximum atomic E-state index is 12.5. The lowest BCUT2D eigenvalue weighted by molar-refractivity contribution is 0.0394. The molecular weight excluding hydrogens is 356 g/mol. The molecule has 0 atom stereocenters. The second kappa shape index (κ2) is 10.4. The van der Waals surface area contributed by atoms with Crippen molar-refractivity contribution >= 4 is 17.6 Å². The minimum absolute atomic E-state index is 0.202. The molecule has 0 spiro atoms. The van der Waals surface area contributed by atoms with Gasteiger partial charge >= 0.3 is 0 Å². The van der Waals surface area contributed by atoms with Crippen molar-refractivity contribution in [2.45, 2.75) is 0 Å². The highest BCUT2D eigenvalue weighted by atomic mass is 16.5. The summed E-state index contributed by atoms with van der Waals surface area (Å²) in [6, 6.07) is 16.6. The fraction of sp³-hybridized carbons (Fsp3) is 0.333. The lowest BCUT2D eigenvalue weighted by Crippen LogP contribution is -2.39. The van der Waals surface area contributed by atoms with E-state index in [1.54, 1.807) is 19.2 Å². The summed E-state index contributed by atoms with van der Waals surface area (Å²) in [5.74, 6) is 0.990. The molecule has 7 nitrogen and oxygen atoms in total. The van der Waals surface area contributed by atoms with E-state index in [0.29, 0.717) is 18.1 Å². The fourth-order valence-corrected chi connectivity index (χ4v) is 2.82. The molecule has 2 aromatic carbocycles. The van der Waals surface area contributed by atoms with Gasteiger partial charge in [-0.2, -0.15) is 0 Å². The molecule has 0 radical (unpaired) electrons. The van der Waals surface area contributed by atoms with Crippen LogP contribution in [0.5, 0.6) is 5.75 Å². The van der Waals surface area contributed by atoms with Crippen molar-refractivity contribution in [3.05, 3.63) is 60.2 Å². The Bertz CT molecular complexity index is 772. The smallest absolute Gasteiger partial charge is 0.257 e.